The molecule has 1 aromatic carbocycles. The lowest BCUT2D eigenvalue weighted by molar-refractivity contribution is -0.128. The molecule has 1 saturated carbocycles. The normalized spacial score (nSPS) is 21.5. The number of hydrogen-bond acceptors (Lipinski definition) is 2. The third-order valence-corrected chi connectivity index (χ3v) is 4.07. The summed E-state index contributed by atoms with van der Waals surface area (Å²) in [7, 11) is 0. The Hall–Kier alpha value is -2.04. The van der Waals surface area contributed by atoms with Crippen LogP contribution in [-0.2, 0) is 11.2 Å². The first kappa shape index (κ1) is 13.9. The number of benzene rings is 1. The highest BCUT2D eigenvalue weighted by Gasteiger charge is 2.39. The third-order valence-electron chi connectivity index (χ3n) is 4.07. The fraction of sp³-hybridized carbons (Fsp3) is 0.500. The molecule has 1 aliphatic carbocycles. The van der Waals surface area contributed by atoms with Crippen LogP contribution in [0, 0.1) is 0 Å². The van der Waals surface area contributed by atoms with E-state index in [1.807, 2.05) is 29.2 Å². The number of anilines is 1. The molecule has 1 aromatic rings. The Bertz CT molecular complexity index is 554. The molecule has 3 rings (SSSR count). The first-order valence-electron chi connectivity index (χ1n) is 7.61. The summed E-state index contributed by atoms with van der Waals surface area (Å²) >= 11 is 0. The lowest BCUT2D eigenvalue weighted by atomic mass is 10.1. The lowest BCUT2D eigenvalue weighted by Gasteiger charge is -2.16. The van der Waals surface area contributed by atoms with Gasteiger partial charge in [-0.1, -0.05) is 19.1 Å². The number of carbonyl (C=O) groups is 2. The molecule has 0 bridgehead atoms. The Morgan fingerprint density at radius 2 is 2.19 bits per heavy atom. The van der Waals surface area contributed by atoms with Crippen molar-refractivity contribution in [1.29, 1.82) is 0 Å². The summed E-state index contributed by atoms with van der Waals surface area (Å²) in [5.41, 5.74) is 1.97. The Balaban J connectivity index is 1.53. The largest absolute Gasteiger partial charge is 0.338 e. The van der Waals surface area contributed by atoms with E-state index >= 15 is 0 Å². The van der Waals surface area contributed by atoms with Crippen molar-refractivity contribution in [3.05, 3.63) is 29.8 Å². The van der Waals surface area contributed by atoms with Crippen LogP contribution in [0.15, 0.2) is 24.3 Å². The fourth-order valence-corrected chi connectivity index (χ4v) is 2.79. The Morgan fingerprint density at radius 3 is 2.90 bits per heavy atom. The molecular formula is C16H21N3O2. The molecule has 0 spiro atoms. The van der Waals surface area contributed by atoms with Gasteiger partial charge in [-0.25, -0.2) is 4.79 Å². The highest BCUT2D eigenvalue weighted by atomic mass is 16.2. The molecule has 1 heterocycles. The van der Waals surface area contributed by atoms with Gasteiger partial charge in [0.25, 0.3) is 0 Å². The number of hydrogen-bond donors (Lipinski definition) is 2. The zero-order valence-corrected chi connectivity index (χ0v) is 12.3. The molecule has 1 aliphatic heterocycles. The summed E-state index contributed by atoms with van der Waals surface area (Å²) in [6.45, 7) is 2.72. The van der Waals surface area contributed by atoms with Gasteiger partial charge in [-0.3, -0.25) is 4.79 Å². The minimum Gasteiger partial charge on any atom is -0.338 e. The van der Waals surface area contributed by atoms with E-state index in [0.717, 1.165) is 24.9 Å². The highest BCUT2D eigenvalue weighted by Crippen LogP contribution is 2.30. The van der Waals surface area contributed by atoms with E-state index in [1.54, 1.807) is 0 Å². The van der Waals surface area contributed by atoms with Gasteiger partial charge in [-0.2, -0.15) is 0 Å². The topological polar surface area (TPSA) is 61.4 Å². The van der Waals surface area contributed by atoms with Crippen molar-refractivity contribution in [3.63, 3.8) is 0 Å². The zero-order chi connectivity index (χ0) is 14.8. The van der Waals surface area contributed by atoms with Gasteiger partial charge in [-0.15, -0.1) is 0 Å². The predicted octanol–water partition coefficient (Wildman–Crippen LogP) is 2.13. The van der Waals surface area contributed by atoms with Gasteiger partial charge in [0.1, 0.15) is 0 Å². The summed E-state index contributed by atoms with van der Waals surface area (Å²) in [6, 6.07) is 7.92. The van der Waals surface area contributed by atoms with E-state index in [1.165, 1.54) is 5.56 Å². The average molecular weight is 287 g/mol. The molecule has 2 fully saturated rings. The molecule has 0 aromatic heterocycles. The fourth-order valence-electron chi connectivity index (χ4n) is 2.79. The van der Waals surface area contributed by atoms with Gasteiger partial charge in [0, 0.05) is 24.7 Å². The van der Waals surface area contributed by atoms with Crippen molar-refractivity contribution in [3.8, 4) is 0 Å². The summed E-state index contributed by atoms with van der Waals surface area (Å²) in [6.07, 6.45) is 3.56. The van der Waals surface area contributed by atoms with Crippen LogP contribution in [0.5, 0.6) is 0 Å². The molecule has 21 heavy (non-hydrogen) atoms. The number of amides is 3. The molecule has 5 nitrogen and oxygen atoms in total. The zero-order valence-electron chi connectivity index (χ0n) is 12.3. The van der Waals surface area contributed by atoms with Crippen molar-refractivity contribution in [2.75, 3.05) is 11.9 Å². The summed E-state index contributed by atoms with van der Waals surface area (Å²) in [5.74, 6) is 0.163. The standard InChI is InChI=1S/C16H21N3O2/c1-2-11-4-3-5-12(8-11)17-16(21)18-13-9-15(20)19(10-13)14-6-7-14/h3-5,8,13-14H,2,6-7,9-10H2,1H3,(H2,17,18,21)/t13-/m1/s1. The molecular weight excluding hydrogens is 266 g/mol. The smallest absolute Gasteiger partial charge is 0.319 e. The molecule has 0 unspecified atom stereocenters. The first-order chi connectivity index (χ1) is 10.2. The quantitative estimate of drug-likeness (QED) is 0.891. The Labute approximate surface area is 124 Å². The minimum absolute atomic E-state index is 0.0764. The van der Waals surface area contributed by atoms with Crippen LogP contribution in [0.2, 0.25) is 0 Å². The Kier molecular flexibility index (Phi) is 3.82. The van der Waals surface area contributed by atoms with E-state index in [0.29, 0.717) is 19.0 Å². The lowest BCUT2D eigenvalue weighted by Crippen LogP contribution is -2.40. The molecule has 2 aliphatic rings. The third kappa shape index (κ3) is 3.35. The number of aryl methyl sites for hydroxylation is 1. The monoisotopic (exact) mass is 287 g/mol. The molecule has 2 N–H and O–H groups in total. The minimum atomic E-state index is -0.237. The van der Waals surface area contributed by atoms with Crippen molar-refractivity contribution in [1.82, 2.24) is 10.2 Å². The van der Waals surface area contributed by atoms with E-state index in [4.69, 9.17) is 0 Å². The average Bonchev–Trinajstić information content (AvgIpc) is 3.23. The van der Waals surface area contributed by atoms with E-state index < -0.39 is 0 Å². The molecule has 0 radical (unpaired) electrons. The maximum Gasteiger partial charge on any atom is 0.319 e. The van der Waals surface area contributed by atoms with E-state index in [-0.39, 0.29) is 18.0 Å². The highest BCUT2D eigenvalue weighted by molar-refractivity contribution is 5.90. The maximum absolute atomic E-state index is 12.0. The van der Waals surface area contributed by atoms with E-state index in [9.17, 15) is 9.59 Å². The predicted molar refractivity (Wildman–Crippen MR) is 81.1 cm³/mol. The first-order valence-corrected chi connectivity index (χ1v) is 7.61. The summed E-state index contributed by atoms with van der Waals surface area (Å²) in [4.78, 5) is 25.8. The molecule has 112 valence electrons. The van der Waals surface area contributed by atoms with Crippen molar-refractivity contribution >= 4 is 17.6 Å². The summed E-state index contributed by atoms with van der Waals surface area (Å²) < 4.78 is 0. The number of carbonyl (C=O) groups excluding carboxylic acids is 2. The second-order valence-electron chi connectivity index (χ2n) is 5.83. The van der Waals surface area contributed by atoms with Crippen molar-refractivity contribution in [2.45, 2.75) is 44.7 Å². The van der Waals surface area contributed by atoms with E-state index in [2.05, 4.69) is 17.6 Å². The van der Waals surface area contributed by atoms with Gasteiger partial charge in [0.05, 0.1) is 6.04 Å². The van der Waals surface area contributed by atoms with Gasteiger partial charge < -0.3 is 15.5 Å². The van der Waals surface area contributed by atoms with Crippen LogP contribution in [0.25, 0.3) is 0 Å². The number of nitrogens with one attached hydrogen (secondary N) is 2. The molecule has 5 heteroatoms. The van der Waals surface area contributed by atoms with Gasteiger partial charge in [0.15, 0.2) is 0 Å². The van der Waals surface area contributed by atoms with Crippen LogP contribution in [-0.4, -0.2) is 35.5 Å². The van der Waals surface area contributed by atoms with Gasteiger partial charge >= 0.3 is 6.03 Å². The number of rotatable bonds is 4. The van der Waals surface area contributed by atoms with Gasteiger partial charge in [0.2, 0.25) is 5.91 Å². The van der Waals surface area contributed by atoms with Gasteiger partial charge in [-0.05, 0) is 37.0 Å². The SMILES string of the molecule is CCc1cccc(NC(=O)N[C@@H]2CC(=O)N(C3CC3)C2)c1. The second kappa shape index (κ2) is 5.76. The number of urea groups is 1. The van der Waals surface area contributed by atoms with Crippen molar-refractivity contribution < 1.29 is 9.59 Å². The van der Waals surface area contributed by atoms with Crippen LogP contribution in [0.1, 0.15) is 31.7 Å². The molecule has 1 atom stereocenters. The second-order valence-corrected chi connectivity index (χ2v) is 5.83. The number of nitrogens with zero attached hydrogens (tertiary/aromatic N) is 1. The molecule has 1 saturated heterocycles. The van der Waals surface area contributed by atoms with Crippen molar-refractivity contribution in [2.24, 2.45) is 0 Å². The maximum atomic E-state index is 12.0. The number of likely N-dealkylation sites (tertiary alicyclic amines) is 1. The van der Waals surface area contributed by atoms with Crippen LogP contribution in [0.3, 0.4) is 0 Å². The van der Waals surface area contributed by atoms with Crippen LogP contribution < -0.4 is 10.6 Å². The molecule has 3 amide bonds. The van der Waals surface area contributed by atoms with Crippen LogP contribution >= 0.6 is 0 Å². The Morgan fingerprint density at radius 1 is 1.38 bits per heavy atom. The summed E-state index contributed by atoms with van der Waals surface area (Å²) in [5, 5.41) is 5.73. The van der Waals surface area contributed by atoms with Crippen LogP contribution in [0.4, 0.5) is 10.5 Å².